The number of hydrogen-bond donors (Lipinski definition) is 0. The van der Waals surface area contributed by atoms with Crippen LogP contribution in [0.4, 0.5) is 0 Å². The van der Waals surface area contributed by atoms with Crippen molar-refractivity contribution in [2.75, 3.05) is 0 Å². The van der Waals surface area contributed by atoms with E-state index in [4.69, 9.17) is 4.52 Å². The fraction of sp³-hybridized carbons (Fsp3) is 0.800. The van der Waals surface area contributed by atoms with Gasteiger partial charge in [-0.3, -0.25) is 0 Å². The number of para-hydroxylation sites is 1. The standard InChI is InChI=1S/C30H49OP/c1-6-16-26(17-7-1)31-32(27-18-8-2-9-19-27,28-20-10-3-11-21-28,29-22-12-4-13-23-29)30-24-14-5-15-25-30/h1,6-7,16-17,27-30H,2-5,8-15,18-25H2. The summed E-state index contributed by atoms with van der Waals surface area (Å²) in [5, 5.41) is 0. The van der Waals surface area contributed by atoms with Gasteiger partial charge in [0.25, 0.3) is 0 Å². The molecule has 32 heavy (non-hydrogen) atoms. The molecule has 0 spiro atoms. The van der Waals surface area contributed by atoms with Gasteiger partial charge in [0.2, 0.25) is 0 Å². The third kappa shape index (κ3) is 3.97. The molecule has 1 nitrogen and oxygen atoms in total. The normalized spacial score (nSPS) is 26.9. The summed E-state index contributed by atoms with van der Waals surface area (Å²) in [6.45, 7) is -2.51. The molecule has 0 atom stereocenters. The zero-order valence-electron chi connectivity index (χ0n) is 20.7. The summed E-state index contributed by atoms with van der Waals surface area (Å²) >= 11 is 0. The first-order valence-electron chi connectivity index (χ1n) is 14.6. The van der Waals surface area contributed by atoms with E-state index in [0.717, 1.165) is 22.6 Å². The Hall–Kier alpha value is -0.550. The van der Waals surface area contributed by atoms with Crippen molar-refractivity contribution >= 4 is 6.83 Å². The molecule has 0 N–H and O–H groups in total. The van der Waals surface area contributed by atoms with Gasteiger partial charge >= 0.3 is 198 Å². The molecule has 4 aliphatic rings. The summed E-state index contributed by atoms with van der Waals surface area (Å²) in [4.78, 5) is 0. The summed E-state index contributed by atoms with van der Waals surface area (Å²) in [5.74, 6) is 1.25. The second-order valence-corrected chi connectivity index (χ2v) is 17.6. The Labute approximate surface area is 198 Å². The third-order valence-electron chi connectivity index (χ3n) is 10.5. The maximum absolute atomic E-state index is 8.08. The third-order valence-corrected chi connectivity index (χ3v) is 19.4. The van der Waals surface area contributed by atoms with Crippen LogP contribution in [0.5, 0.6) is 5.75 Å². The molecule has 0 unspecified atom stereocenters. The van der Waals surface area contributed by atoms with E-state index in [2.05, 4.69) is 30.3 Å². The molecule has 4 saturated carbocycles. The van der Waals surface area contributed by atoms with Gasteiger partial charge in [0, 0.05) is 0 Å². The van der Waals surface area contributed by atoms with Crippen LogP contribution in [-0.4, -0.2) is 22.6 Å². The molecular weight excluding hydrogens is 407 g/mol. The molecule has 0 amide bonds. The first-order chi connectivity index (χ1) is 15.8. The molecule has 1 aromatic carbocycles. The minimum absolute atomic E-state index is 0.893. The number of hydrogen-bond acceptors (Lipinski definition) is 1. The fourth-order valence-corrected chi connectivity index (χ4v) is 20.0. The van der Waals surface area contributed by atoms with Crippen molar-refractivity contribution in [2.45, 2.75) is 151 Å². The molecule has 4 aliphatic carbocycles. The average molecular weight is 457 g/mol. The van der Waals surface area contributed by atoms with Crippen molar-refractivity contribution in [1.82, 2.24) is 0 Å². The van der Waals surface area contributed by atoms with Gasteiger partial charge in [0.1, 0.15) is 0 Å². The number of rotatable bonds is 6. The van der Waals surface area contributed by atoms with Crippen molar-refractivity contribution in [3.05, 3.63) is 30.3 Å². The molecule has 1 aromatic rings. The van der Waals surface area contributed by atoms with Crippen molar-refractivity contribution in [2.24, 2.45) is 0 Å². The number of benzene rings is 1. The van der Waals surface area contributed by atoms with E-state index >= 15 is 0 Å². The monoisotopic (exact) mass is 456 g/mol. The van der Waals surface area contributed by atoms with Gasteiger partial charge in [0.05, 0.1) is 0 Å². The summed E-state index contributed by atoms with van der Waals surface area (Å²) in [6.07, 6.45) is 29.4. The summed E-state index contributed by atoms with van der Waals surface area (Å²) in [7, 11) is 0. The second kappa shape index (κ2) is 10.4. The van der Waals surface area contributed by atoms with Crippen LogP contribution in [-0.2, 0) is 0 Å². The molecule has 5 rings (SSSR count). The van der Waals surface area contributed by atoms with Gasteiger partial charge in [-0.05, 0) is 0 Å². The molecule has 2 heteroatoms. The zero-order valence-corrected chi connectivity index (χ0v) is 21.6. The molecule has 4 fully saturated rings. The van der Waals surface area contributed by atoms with Crippen molar-refractivity contribution in [3.8, 4) is 5.75 Å². The summed E-state index contributed by atoms with van der Waals surface area (Å²) in [5.41, 5.74) is 3.57. The van der Waals surface area contributed by atoms with Crippen LogP contribution >= 0.6 is 6.83 Å². The summed E-state index contributed by atoms with van der Waals surface area (Å²) < 4.78 is 8.08. The van der Waals surface area contributed by atoms with Crippen LogP contribution < -0.4 is 4.52 Å². The Balaban J connectivity index is 1.73. The van der Waals surface area contributed by atoms with Crippen LogP contribution in [0, 0.1) is 0 Å². The van der Waals surface area contributed by atoms with Crippen LogP contribution in [0.2, 0.25) is 0 Å². The van der Waals surface area contributed by atoms with E-state index in [1.54, 1.807) is 0 Å². The molecule has 180 valence electrons. The molecule has 0 aromatic heterocycles. The Bertz CT molecular complexity index is 607. The van der Waals surface area contributed by atoms with E-state index in [9.17, 15) is 0 Å². The van der Waals surface area contributed by atoms with E-state index < -0.39 is 6.83 Å². The second-order valence-electron chi connectivity index (χ2n) is 11.9. The molecule has 0 aliphatic heterocycles. The van der Waals surface area contributed by atoms with Crippen LogP contribution in [0.3, 0.4) is 0 Å². The van der Waals surface area contributed by atoms with Gasteiger partial charge < -0.3 is 0 Å². The quantitative estimate of drug-likeness (QED) is 0.387. The maximum atomic E-state index is 8.08. The first-order valence-corrected chi connectivity index (χ1v) is 17.0. The van der Waals surface area contributed by atoms with Crippen molar-refractivity contribution in [1.29, 1.82) is 0 Å². The zero-order chi connectivity index (χ0) is 21.7. The Morgan fingerprint density at radius 2 is 0.750 bits per heavy atom. The van der Waals surface area contributed by atoms with Gasteiger partial charge in [-0.2, -0.15) is 0 Å². The van der Waals surface area contributed by atoms with Gasteiger partial charge in [0.15, 0.2) is 0 Å². The predicted molar refractivity (Wildman–Crippen MR) is 141 cm³/mol. The Morgan fingerprint density at radius 3 is 1.06 bits per heavy atom. The molecule has 0 saturated heterocycles. The van der Waals surface area contributed by atoms with Crippen LogP contribution in [0.1, 0.15) is 128 Å². The van der Waals surface area contributed by atoms with Crippen molar-refractivity contribution in [3.63, 3.8) is 0 Å². The average Bonchev–Trinajstić information content (AvgIpc) is 2.90. The first kappa shape index (κ1) is 23.2. The molecule has 0 heterocycles. The van der Waals surface area contributed by atoms with Crippen LogP contribution in [0.25, 0.3) is 0 Å². The molecule has 0 radical (unpaired) electrons. The van der Waals surface area contributed by atoms with Gasteiger partial charge in [-0.25, -0.2) is 0 Å². The Morgan fingerprint density at radius 1 is 0.438 bits per heavy atom. The van der Waals surface area contributed by atoms with Gasteiger partial charge in [-0.1, -0.05) is 0 Å². The predicted octanol–water partition coefficient (Wildman–Crippen LogP) is 9.86. The van der Waals surface area contributed by atoms with Crippen molar-refractivity contribution < 1.29 is 4.52 Å². The van der Waals surface area contributed by atoms with Gasteiger partial charge in [-0.15, -0.1) is 0 Å². The van der Waals surface area contributed by atoms with E-state index in [-0.39, 0.29) is 0 Å². The Kier molecular flexibility index (Phi) is 7.52. The van der Waals surface area contributed by atoms with Crippen LogP contribution in [0.15, 0.2) is 30.3 Å². The van der Waals surface area contributed by atoms with E-state index in [1.807, 2.05) is 0 Å². The topological polar surface area (TPSA) is 9.23 Å². The van der Waals surface area contributed by atoms with E-state index in [1.165, 1.54) is 134 Å². The summed E-state index contributed by atoms with van der Waals surface area (Å²) in [6, 6.07) is 11.3. The SMILES string of the molecule is c1ccc(OP(C2CCCCC2)(C2CCCCC2)(C2CCCCC2)C2CCCCC2)cc1. The van der Waals surface area contributed by atoms with E-state index in [0.29, 0.717) is 0 Å². The minimum atomic E-state index is -2.51. The molecule has 0 bridgehead atoms. The molecular formula is C30H49OP. The fourth-order valence-electron chi connectivity index (χ4n) is 9.35.